The van der Waals surface area contributed by atoms with Gasteiger partial charge in [-0.15, -0.1) is 0 Å². The van der Waals surface area contributed by atoms with Gasteiger partial charge in [0.1, 0.15) is 0 Å². The van der Waals surface area contributed by atoms with Crippen molar-refractivity contribution in [3.05, 3.63) is 36.0 Å². The van der Waals surface area contributed by atoms with Crippen LogP contribution in [0.3, 0.4) is 0 Å². The van der Waals surface area contributed by atoms with Crippen molar-refractivity contribution in [1.82, 2.24) is 0 Å². The summed E-state index contributed by atoms with van der Waals surface area (Å²) in [5, 5.41) is 0. The van der Waals surface area contributed by atoms with E-state index in [1.807, 2.05) is 0 Å². The molecule has 0 radical (unpaired) electrons. The van der Waals surface area contributed by atoms with Crippen LogP contribution in [0.5, 0.6) is 0 Å². The molecule has 2 nitrogen and oxygen atoms in total. The van der Waals surface area contributed by atoms with Crippen molar-refractivity contribution >= 4 is 5.97 Å². The Balaban J connectivity index is 3.32. The molecule has 0 atom stereocenters. The summed E-state index contributed by atoms with van der Waals surface area (Å²) in [6, 6.07) is 0. The van der Waals surface area contributed by atoms with Crippen LogP contribution in [-0.2, 0) is 9.53 Å². The van der Waals surface area contributed by atoms with Gasteiger partial charge in [-0.1, -0.05) is 140 Å². The van der Waals surface area contributed by atoms with Gasteiger partial charge in [0.2, 0.25) is 0 Å². The molecule has 0 aliphatic carbocycles. The van der Waals surface area contributed by atoms with Gasteiger partial charge >= 0.3 is 5.97 Å². The zero-order valence-electron chi connectivity index (χ0n) is 24.0. The van der Waals surface area contributed by atoms with Gasteiger partial charge < -0.3 is 4.74 Å². The third-order valence-electron chi connectivity index (χ3n) is 6.62. The highest BCUT2D eigenvalue weighted by Gasteiger charge is 2.02. The molecule has 0 aromatic carbocycles. The first kappa shape index (κ1) is 33.7. The van der Waals surface area contributed by atoms with Crippen LogP contribution in [0.2, 0.25) is 0 Å². The lowest BCUT2D eigenvalue weighted by atomic mass is 10.1. The summed E-state index contributed by atoms with van der Waals surface area (Å²) in [5.41, 5.74) is 1.45. The standard InChI is InChI=1S/C33H60O2/c1-4-6-8-9-10-11-12-13-17-20-23-27-31-35-33(34)30-26-22-19-16-14-15-18-21-25-29-32(3)28-24-7-5-2/h7,18,21,24,29H,4-6,8-17,19-20,22-23,25-28,30-31H2,1-3H3/b21-18-,24-7-,32-29-. The number of ether oxygens (including phenoxy) is 1. The largest absolute Gasteiger partial charge is 0.466 e. The van der Waals surface area contributed by atoms with Crippen LogP contribution in [0.1, 0.15) is 162 Å². The van der Waals surface area contributed by atoms with Crippen LogP contribution >= 0.6 is 0 Å². The molecular formula is C33H60O2. The van der Waals surface area contributed by atoms with E-state index in [2.05, 4.69) is 51.2 Å². The molecule has 0 aromatic heterocycles. The van der Waals surface area contributed by atoms with E-state index in [0.29, 0.717) is 13.0 Å². The predicted molar refractivity (Wildman–Crippen MR) is 156 cm³/mol. The van der Waals surface area contributed by atoms with Crippen molar-refractivity contribution in [2.75, 3.05) is 6.61 Å². The van der Waals surface area contributed by atoms with Gasteiger partial charge in [-0.25, -0.2) is 0 Å². The van der Waals surface area contributed by atoms with Gasteiger partial charge in [0, 0.05) is 6.42 Å². The number of hydrogen-bond donors (Lipinski definition) is 0. The van der Waals surface area contributed by atoms with Crippen LogP contribution in [0.15, 0.2) is 36.0 Å². The second-order valence-electron chi connectivity index (χ2n) is 10.3. The van der Waals surface area contributed by atoms with Crippen molar-refractivity contribution in [3.63, 3.8) is 0 Å². The summed E-state index contributed by atoms with van der Waals surface area (Å²) in [6.45, 7) is 7.28. The second-order valence-corrected chi connectivity index (χ2v) is 10.3. The maximum Gasteiger partial charge on any atom is 0.305 e. The average Bonchev–Trinajstić information content (AvgIpc) is 2.85. The molecule has 204 valence electrons. The fraction of sp³-hybridized carbons (Fsp3) is 0.788. The monoisotopic (exact) mass is 488 g/mol. The Morgan fingerprint density at radius 1 is 0.629 bits per heavy atom. The van der Waals surface area contributed by atoms with Crippen LogP contribution in [-0.4, -0.2) is 12.6 Å². The molecule has 0 amide bonds. The minimum absolute atomic E-state index is 0.00420. The maximum atomic E-state index is 11.9. The highest BCUT2D eigenvalue weighted by Crippen LogP contribution is 2.12. The second kappa shape index (κ2) is 28.9. The molecule has 0 unspecified atom stereocenters. The predicted octanol–water partition coefficient (Wildman–Crippen LogP) is 11.2. The topological polar surface area (TPSA) is 26.3 Å². The molecule has 0 heterocycles. The minimum atomic E-state index is 0.00420. The molecule has 0 N–H and O–H groups in total. The van der Waals surface area contributed by atoms with E-state index in [1.54, 1.807) is 0 Å². The molecule has 0 rings (SSSR count). The Hall–Kier alpha value is -1.31. The smallest absolute Gasteiger partial charge is 0.305 e. The van der Waals surface area contributed by atoms with Crippen molar-refractivity contribution in [2.24, 2.45) is 0 Å². The molecule has 0 aliphatic rings. The van der Waals surface area contributed by atoms with Crippen LogP contribution in [0.4, 0.5) is 0 Å². The summed E-state index contributed by atoms with van der Waals surface area (Å²) in [5.74, 6) is 0.00420. The summed E-state index contributed by atoms with van der Waals surface area (Å²) in [4.78, 5) is 11.9. The van der Waals surface area contributed by atoms with Gasteiger partial charge in [0.05, 0.1) is 6.61 Å². The first-order valence-corrected chi connectivity index (χ1v) is 15.3. The Morgan fingerprint density at radius 3 is 1.83 bits per heavy atom. The highest BCUT2D eigenvalue weighted by atomic mass is 16.5. The quantitative estimate of drug-likeness (QED) is 0.0687. The van der Waals surface area contributed by atoms with E-state index < -0.39 is 0 Å². The van der Waals surface area contributed by atoms with E-state index >= 15 is 0 Å². The Kier molecular flexibility index (Phi) is 27.8. The minimum Gasteiger partial charge on any atom is -0.466 e. The van der Waals surface area contributed by atoms with Crippen molar-refractivity contribution in [1.29, 1.82) is 0 Å². The van der Waals surface area contributed by atoms with E-state index in [9.17, 15) is 4.79 Å². The number of hydrogen-bond acceptors (Lipinski definition) is 2. The summed E-state index contributed by atoms with van der Waals surface area (Å²) in [7, 11) is 0. The Morgan fingerprint density at radius 2 is 1.20 bits per heavy atom. The molecule has 0 aromatic rings. The first-order valence-electron chi connectivity index (χ1n) is 15.3. The number of unbranched alkanes of at least 4 members (excludes halogenated alkanes) is 16. The van der Waals surface area contributed by atoms with Crippen molar-refractivity contribution < 1.29 is 9.53 Å². The molecule has 0 aliphatic heterocycles. The molecule has 35 heavy (non-hydrogen) atoms. The maximum absolute atomic E-state index is 11.9. The summed E-state index contributed by atoms with van der Waals surface area (Å²) >= 11 is 0. The average molecular weight is 489 g/mol. The molecule has 0 saturated heterocycles. The third kappa shape index (κ3) is 28.8. The molecule has 2 heteroatoms. The molecule has 0 saturated carbocycles. The van der Waals surface area contributed by atoms with Crippen molar-refractivity contribution in [2.45, 2.75) is 162 Å². The SMILES string of the molecule is CC/C=C\C/C(C)=C\C/C=C\CCCCCCCC(=O)OCCCCCCCCCCCCCC. The first-order chi connectivity index (χ1) is 17.2. The molecule has 0 fully saturated rings. The lowest BCUT2D eigenvalue weighted by molar-refractivity contribution is -0.143. The van der Waals surface area contributed by atoms with Gasteiger partial charge in [-0.2, -0.15) is 0 Å². The molecule has 0 spiro atoms. The van der Waals surface area contributed by atoms with E-state index in [-0.39, 0.29) is 5.97 Å². The summed E-state index contributed by atoms with van der Waals surface area (Å²) < 4.78 is 5.40. The van der Waals surface area contributed by atoms with Crippen molar-refractivity contribution in [3.8, 4) is 0 Å². The van der Waals surface area contributed by atoms with Crippen LogP contribution in [0, 0.1) is 0 Å². The number of esters is 1. The van der Waals surface area contributed by atoms with Gasteiger partial charge in [0.15, 0.2) is 0 Å². The van der Waals surface area contributed by atoms with E-state index in [1.165, 1.54) is 102 Å². The molecular weight excluding hydrogens is 428 g/mol. The Bertz CT molecular complexity index is 529. The lowest BCUT2D eigenvalue weighted by Crippen LogP contribution is -2.05. The Labute approximate surface area is 220 Å². The van der Waals surface area contributed by atoms with Crippen LogP contribution < -0.4 is 0 Å². The van der Waals surface area contributed by atoms with Gasteiger partial charge in [-0.3, -0.25) is 4.79 Å². The number of carbonyl (C=O) groups excluding carboxylic acids is 1. The van der Waals surface area contributed by atoms with Gasteiger partial charge in [0.25, 0.3) is 0 Å². The molecule has 0 bridgehead atoms. The third-order valence-corrected chi connectivity index (χ3v) is 6.62. The fourth-order valence-electron chi connectivity index (χ4n) is 4.27. The van der Waals surface area contributed by atoms with Crippen LogP contribution in [0.25, 0.3) is 0 Å². The lowest BCUT2D eigenvalue weighted by Gasteiger charge is -2.05. The van der Waals surface area contributed by atoms with E-state index in [4.69, 9.17) is 4.74 Å². The highest BCUT2D eigenvalue weighted by molar-refractivity contribution is 5.69. The zero-order valence-corrected chi connectivity index (χ0v) is 24.0. The van der Waals surface area contributed by atoms with E-state index in [0.717, 1.165) is 38.5 Å². The van der Waals surface area contributed by atoms with Gasteiger partial charge in [-0.05, 0) is 51.9 Å². The summed E-state index contributed by atoms with van der Waals surface area (Å²) in [6.07, 6.45) is 38.3. The zero-order chi connectivity index (χ0) is 25.7. The number of allylic oxidation sites excluding steroid dienone is 6. The number of rotatable bonds is 26. The normalized spacial score (nSPS) is 12.3. The number of carbonyl (C=O) groups is 1. The fourth-order valence-corrected chi connectivity index (χ4v) is 4.27.